The van der Waals surface area contributed by atoms with Crippen LogP contribution in [0.2, 0.25) is 0 Å². The fourth-order valence-corrected chi connectivity index (χ4v) is 2.72. The first-order valence-corrected chi connectivity index (χ1v) is 7.53. The Hall–Kier alpha value is -2.28. The van der Waals surface area contributed by atoms with E-state index in [9.17, 15) is 0 Å². The SMILES string of the molecule is Cc1ccc(N(C2=CC=CCC2)c2cccc(C)c2)cc1. The molecule has 0 N–H and O–H groups in total. The van der Waals surface area contributed by atoms with Crippen molar-refractivity contribution in [3.05, 3.63) is 83.6 Å². The Bertz CT molecular complexity index is 677. The quantitative estimate of drug-likeness (QED) is 0.697. The minimum absolute atomic E-state index is 1.08. The summed E-state index contributed by atoms with van der Waals surface area (Å²) in [4.78, 5) is 2.37. The number of hydrogen-bond donors (Lipinski definition) is 0. The summed E-state index contributed by atoms with van der Waals surface area (Å²) in [6, 6.07) is 17.5. The maximum Gasteiger partial charge on any atom is 0.0461 e. The average Bonchev–Trinajstić information content (AvgIpc) is 2.51. The smallest absolute Gasteiger partial charge is 0.0461 e. The first kappa shape index (κ1) is 13.7. The molecule has 0 radical (unpaired) electrons. The van der Waals surface area contributed by atoms with E-state index in [1.54, 1.807) is 0 Å². The van der Waals surface area contributed by atoms with Crippen molar-refractivity contribution in [1.29, 1.82) is 0 Å². The van der Waals surface area contributed by atoms with E-state index in [0.717, 1.165) is 12.8 Å². The molecule has 0 spiro atoms. The second kappa shape index (κ2) is 6.01. The molecule has 0 amide bonds. The van der Waals surface area contributed by atoms with E-state index in [1.807, 2.05) is 0 Å². The lowest BCUT2D eigenvalue weighted by atomic mass is 10.1. The van der Waals surface area contributed by atoms with Crippen LogP contribution in [0.3, 0.4) is 0 Å². The fraction of sp³-hybridized carbons (Fsp3) is 0.200. The van der Waals surface area contributed by atoms with Gasteiger partial charge in [0.15, 0.2) is 0 Å². The molecule has 0 aromatic heterocycles. The Labute approximate surface area is 127 Å². The van der Waals surface area contributed by atoms with Gasteiger partial charge in [0.25, 0.3) is 0 Å². The highest BCUT2D eigenvalue weighted by atomic mass is 15.1. The van der Waals surface area contributed by atoms with E-state index in [1.165, 1.54) is 28.2 Å². The van der Waals surface area contributed by atoms with E-state index in [2.05, 4.69) is 85.5 Å². The Morgan fingerprint density at radius 2 is 1.67 bits per heavy atom. The first-order valence-electron chi connectivity index (χ1n) is 7.53. The fourth-order valence-electron chi connectivity index (χ4n) is 2.72. The molecule has 106 valence electrons. The van der Waals surface area contributed by atoms with Gasteiger partial charge < -0.3 is 4.90 Å². The van der Waals surface area contributed by atoms with Gasteiger partial charge in [-0.25, -0.2) is 0 Å². The summed E-state index contributed by atoms with van der Waals surface area (Å²) in [6.07, 6.45) is 8.81. The van der Waals surface area contributed by atoms with Crippen LogP contribution in [0.4, 0.5) is 11.4 Å². The molecule has 2 aromatic carbocycles. The molecular weight excluding hydrogens is 254 g/mol. The van der Waals surface area contributed by atoms with Gasteiger partial charge in [-0.15, -0.1) is 0 Å². The third kappa shape index (κ3) is 3.08. The monoisotopic (exact) mass is 275 g/mol. The summed E-state index contributed by atoms with van der Waals surface area (Å²) in [6.45, 7) is 4.27. The highest BCUT2D eigenvalue weighted by molar-refractivity contribution is 5.69. The Kier molecular flexibility index (Phi) is 3.92. The van der Waals surface area contributed by atoms with Gasteiger partial charge in [-0.2, -0.15) is 0 Å². The molecule has 21 heavy (non-hydrogen) atoms. The molecule has 1 aliphatic carbocycles. The van der Waals surface area contributed by atoms with Gasteiger partial charge in [0.1, 0.15) is 0 Å². The second-order valence-corrected chi connectivity index (χ2v) is 5.63. The summed E-state index contributed by atoms with van der Waals surface area (Å²) in [5, 5.41) is 0. The molecule has 1 aliphatic rings. The van der Waals surface area contributed by atoms with Crippen molar-refractivity contribution in [3.63, 3.8) is 0 Å². The number of anilines is 2. The minimum atomic E-state index is 1.08. The number of allylic oxidation sites excluding steroid dienone is 4. The van der Waals surface area contributed by atoms with Crippen molar-refractivity contribution in [3.8, 4) is 0 Å². The van der Waals surface area contributed by atoms with Gasteiger partial charge in [-0.3, -0.25) is 0 Å². The molecule has 3 rings (SSSR count). The Balaban J connectivity index is 2.08. The van der Waals surface area contributed by atoms with Crippen LogP contribution < -0.4 is 4.90 Å². The van der Waals surface area contributed by atoms with Crippen molar-refractivity contribution in [2.75, 3.05) is 4.90 Å². The number of benzene rings is 2. The zero-order valence-corrected chi connectivity index (χ0v) is 12.7. The van der Waals surface area contributed by atoms with Gasteiger partial charge in [0, 0.05) is 17.1 Å². The molecule has 0 atom stereocenters. The Morgan fingerprint density at radius 1 is 0.857 bits per heavy atom. The lowest BCUT2D eigenvalue weighted by Gasteiger charge is -2.29. The molecule has 0 aliphatic heterocycles. The number of aryl methyl sites for hydroxylation is 2. The van der Waals surface area contributed by atoms with Crippen molar-refractivity contribution in [2.24, 2.45) is 0 Å². The summed E-state index contributed by atoms with van der Waals surface area (Å²) in [7, 11) is 0. The van der Waals surface area contributed by atoms with Crippen LogP contribution in [-0.2, 0) is 0 Å². The number of rotatable bonds is 3. The Morgan fingerprint density at radius 3 is 2.33 bits per heavy atom. The van der Waals surface area contributed by atoms with E-state index < -0.39 is 0 Å². The van der Waals surface area contributed by atoms with Crippen LogP contribution in [0, 0.1) is 13.8 Å². The van der Waals surface area contributed by atoms with Crippen molar-refractivity contribution in [2.45, 2.75) is 26.7 Å². The van der Waals surface area contributed by atoms with Gasteiger partial charge >= 0.3 is 0 Å². The van der Waals surface area contributed by atoms with Crippen LogP contribution in [0.5, 0.6) is 0 Å². The molecule has 0 fully saturated rings. The molecule has 1 heteroatoms. The van der Waals surface area contributed by atoms with Crippen LogP contribution in [0.25, 0.3) is 0 Å². The highest BCUT2D eigenvalue weighted by Crippen LogP contribution is 2.33. The van der Waals surface area contributed by atoms with E-state index in [-0.39, 0.29) is 0 Å². The lowest BCUT2D eigenvalue weighted by Crippen LogP contribution is -2.17. The summed E-state index contributed by atoms with van der Waals surface area (Å²) in [5.41, 5.74) is 6.40. The van der Waals surface area contributed by atoms with Gasteiger partial charge in [0.05, 0.1) is 0 Å². The zero-order valence-electron chi connectivity index (χ0n) is 12.7. The number of nitrogens with zero attached hydrogens (tertiary/aromatic N) is 1. The maximum atomic E-state index is 2.37. The van der Waals surface area contributed by atoms with Crippen molar-refractivity contribution >= 4 is 11.4 Å². The highest BCUT2D eigenvalue weighted by Gasteiger charge is 2.15. The second-order valence-electron chi connectivity index (χ2n) is 5.63. The summed E-state index contributed by atoms with van der Waals surface area (Å²) >= 11 is 0. The van der Waals surface area contributed by atoms with Crippen LogP contribution in [0.1, 0.15) is 24.0 Å². The predicted molar refractivity (Wildman–Crippen MR) is 91.0 cm³/mol. The van der Waals surface area contributed by atoms with Gasteiger partial charge in [-0.1, -0.05) is 42.0 Å². The molecular formula is C20H21N. The minimum Gasteiger partial charge on any atom is -0.314 e. The van der Waals surface area contributed by atoms with Crippen molar-refractivity contribution in [1.82, 2.24) is 0 Å². The molecule has 0 heterocycles. The molecule has 2 aromatic rings. The topological polar surface area (TPSA) is 3.24 Å². The largest absolute Gasteiger partial charge is 0.314 e. The molecule has 1 nitrogen and oxygen atoms in total. The lowest BCUT2D eigenvalue weighted by molar-refractivity contribution is 0.917. The number of hydrogen-bond acceptors (Lipinski definition) is 1. The van der Waals surface area contributed by atoms with Crippen LogP contribution in [0.15, 0.2) is 72.5 Å². The van der Waals surface area contributed by atoms with E-state index in [0.29, 0.717) is 0 Å². The summed E-state index contributed by atoms with van der Waals surface area (Å²) in [5.74, 6) is 0. The zero-order chi connectivity index (χ0) is 14.7. The molecule has 0 bridgehead atoms. The van der Waals surface area contributed by atoms with E-state index >= 15 is 0 Å². The van der Waals surface area contributed by atoms with E-state index in [4.69, 9.17) is 0 Å². The molecule has 0 unspecified atom stereocenters. The predicted octanol–water partition coefficient (Wildman–Crippen LogP) is 5.68. The van der Waals surface area contributed by atoms with Crippen LogP contribution >= 0.6 is 0 Å². The standard InChI is InChI=1S/C20H21N/c1-16-11-13-19(14-12-16)21(18-8-4-3-5-9-18)20-10-6-7-17(2)15-20/h3-4,6-8,10-15H,5,9H2,1-2H3. The third-order valence-electron chi connectivity index (χ3n) is 3.83. The van der Waals surface area contributed by atoms with Gasteiger partial charge in [0.2, 0.25) is 0 Å². The normalized spacial score (nSPS) is 13.9. The first-order chi connectivity index (χ1) is 10.2. The van der Waals surface area contributed by atoms with Gasteiger partial charge in [-0.05, 0) is 62.6 Å². The van der Waals surface area contributed by atoms with Crippen molar-refractivity contribution < 1.29 is 0 Å². The molecule has 0 saturated carbocycles. The maximum absolute atomic E-state index is 2.37. The average molecular weight is 275 g/mol. The van der Waals surface area contributed by atoms with Crippen LogP contribution in [-0.4, -0.2) is 0 Å². The molecule has 0 saturated heterocycles. The summed E-state index contributed by atoms with van der Waals surface area (Å²) < 4.78 is 0. The third-order valence-corrected chi connectivity index (χ3v) is 3.83.